The Balaban J connectivity index is 1.44. The predicted molar refractivity (Wildman–Crippen MR) is 158 cm³/mol. The molecule has 1 atom stereocenters. The molecule has 0 amide bonds. The van der Waals surface area contributed by atoms with E-state index in [4.69, 9.17) is 48.8 Å². The Morgan fingerprint density at radius 3 is 2.62 bits per heavy atom. The number of ether oxygens (including phenoxy) is 2. The number of carbonyl (C=O) groups excluding carboxylic acids is 1. The lowest BCUT2D eigenvalue weighted by Gasteiger charge is -2.22. The van der Waals surface area contributed by atoms with E-state index in [0.717, 1.165) is 24.8 Å². The van der Waals surface area contributed by atoms with E-state index in [2.05, 4.69) is 20.5 Å². The van der Waals surface area contributed by atoms with Crippen LogP contribution in [0.4, 0.5) is 0 Å². The molecule has 0 bridgehead atoms. The van der Waals surface area contributed by atoms with E-state index >= 15 is 0 Å². The average Bonchev–Trinajstić information content (AvgIpc) is 3.61. The molecular formula is C30H24Cl3N5O4. The third-order valence-electron chi connectivity index (χ3n) is 6.80. The van der Waals surface area contributed by atoms with Crippen LogP contribution in [0.15, 0.2) is 71.5 Å². The fraction of sp³-hybridized carbons (Fsp3) is 0.233. The van der Waals surface area contributed by atoms with Crippen LogP contribution >= 0.6 is 34.8 Å². The summed E-state index contributed by atoms with van der Waals surface area (Å²) in [5.74, 6) is -0.221. The molecule has 1 saturated heterocycles. The number of rotatable bonds is 9. The molecule has 12 heteroatoms. The van der Waals surface area contributed by atoms with Gasteiger partial charge in [0.1, 0.15) is 18.0 Å². The Morgan fingerprint density at radius 1 is 1.05 bits per heavy atom. The first-order chi connectivity index (χ1) is 20.5. The summed E-state index contributed by atoms with van der Waals surface area (Å²) < 4.78 is 19.0. The summed E-state index contributed by atoms with van der Waals surface area (Å²) in [4.78, 5) is 18.7. The molecule has 1 unspecified atom stereocenters. The van der Waals surface area contributed by atoms with E-state index in [0.29, 0.717) is 38.5 Å². The standard InChI is InChI=1S/C30H24Cl3N5O4/c31-20-12-18(13-21(32)14-20)16-38-29(19-6-5-10-34-15-19)28(35-37-38)30(39)26-24(17-41-25-9-3-4-11-40-25)42-36-27(26)22-7-1-2-8-23(22)33/h1-2,5-8,10,12-15,25H,3-4,9,11,16-17H2. The predicted octanol–water partition coefficient (Wildman–Crippen LogP) is 7.28. The van der Waals surface area contributed by atoms with E-state index in [1.54, 1.807) is 59.5 Å². The zero-order valence-corrected chi connectivity index (χ0v) is 24.4. The molecule has 0 aliphatic carbocycles. The number of aromatic nitrogens is 5. The molecule has 4 heterocycles. The van der Waals surface area contributed by atoms with Crippen LogP contribution in [-0.4, -0.2) is 43.8 Å². The number of halogens is 3. The smallest absolute Gasteiger partial charge is 0.221 e. The van der Waals surface area contributed by atoms with Gasteiger partial charge >= 0.3 is 0 Å². The second-order valence-corrected chi connectivity index (χ2v) is 11.0. The molecule has 1 fully saturated rings. The van der Waals surface area contributed by atoms with Gasteiger partial charge < -0.3 is 14.0 Å². The van der Waals surface area contributed by atoms with Crippen LogP contribution in [0.1, 0.15) is 46.6 Å². The van der Waals surface area contributed by atoms with E-state index in [1.807, 2.05) is 12.1 Å². The van der Waals surface area contributed by atoms with Gasteiger partial charge in [0.25, 0.3) is 0 Å². The number of benzene rings is 2. The van der Waals surface area contributed by atoms with E-state index < -0.39 is 12.1 Å². The van der Waals surface area contributed by atoms with Crippen molar-refractivity contribution >= 4 is 40.6 Å². The van der Waals surface area contributed by atoms with Gasteiger partial charge in [-0.1, -0.05) is 63.4 Å². The van der Waals surface area contributed by atoms with Gasteiger partial charge in [-0.05, 0) is 61.2 Å². The van der Waals surface area contributed by atoms with Crippen molar-refractivity contribution in [3.63, 3.8) is 0 Å². The first kappa shape index (κ1) is 28.5. The van der Waals surface area contributed by atoms with Crippen molar-refractivity contribution in [1.29, 1.82) is 0 Å². The van der Waals surface area contributed by atoms with Crippen LogP contribution < -0.4 is 0 Å². The highest BCUT2D eigenvalue weighted by molar-refractivity contribution is 6.34. The molecule has 0 spiro atoms. The highest BCUT2D eigenvalue weighted by atomic mass is 35.5. The second-order valence-electron chi connectivity index (χ2n) is 9.71. The molecule has 2 aromatic carbocycles. The monoisotopic (exact) mass is 623 g/mol. The number of pyridine rings is 1. The lowest BCUT2D eigenvalue weighted by molar-refractivity contribution is -0.171. The molecule has 0 saturated carbocycles. The zero-order valence-electron chi connectivity index (χ0n) is 22.2. The fourth-order valence-corrected chi connectivity index (χ4v) is 5.66. The van der Waals surface area contributed by atoms with Gasteiger partial charge in [0.15, 0.2) is 17.7 Å². The van der Waals surface area contributed by atoms with Crippen molar-refractivity contribution in [2.24, 2.45) is 0 Å². The molecule has 3 aromatic heterocycles. The Hall–Kier alpha value is -3.60. The molecule has 0 radical (unpaired) electrons. The van der Waals surface area contributed by atoms with Crippen molar-refractivity contribution in [1.82, 2.24) is 25.1 Å². The first-order valence-electron chi connectivity index (χ1n) is 13.3. The number of ketones is 1. The summed E-state index contributed by atoms with van der Waals surface area (Å²) in [5.41, 5.74) is 2.97. The van der Waals surface area contributed by atoms with Crippen LogP contribution in [0.3, 0.4) is 0 Å². The molecular weight excluding hydrogens is 601 g/mol. The fourth-order valence-electron chi connectivity index (χ4n) is 4.86. The van der Waals surface area contributed by atoms with Gasteiger partial charge in [-0.15, -0.1) is 5.10 Å². The van der Waals surface area contributed by atoms with Gasteiger partial charge in [0.2, 0.25) is 5.78 Å². The summed E-state index contributed by atoms with van der Waals surface area (Å²) in [6, 6.07) is 15.9. The van der Waals surface area contributed by atoms with Crippen LogP contribution in [0.25, 0.3) is 22.5 Å². The number of carbonyl (C=O) groups is 1. The van der Waals surface area contributed by atoms with Crippen LogP contribution in [-0.2, 0) is 22.6 Å². The normalized spacial score (nSPS) is 15.2. The summed E-state index contributed by atoms with van der Waals surface area (Å²) in [6.07, 6.45) is 5.62. The van der Waals surface area contributed by atoms with Crippen LogP contribution in [0.2, 0.25) is 15.1 Å². The summed E-state index contributed by atoms with van der Waals surface area (Å²) in [7, 11) is 0. The molecule has 42 heavy (non-hydrogen) atoms. The average molecular weight is 625 g/mol. The van der Waals surface area contributed by atoms with Gasteiger partial charge in [-0.3, -0.25) is 9.78 Å². The number of hydrogen-bond donors (Lipinski definition) is 0. The highest BCUT2D eigenvalue weighted by Crippen LogP contribution is 2.35. The zero-order chi connectivity index (χ0) is 29.1. The van der Waals surface area contributed by atoms with Crippen molar-refractivity contribution in [3.05, 3.63) is 105 Å². The molecule has 6 rings (SSSR count). The number of hydrogen-bond acceptors (Lipinski definition) is 8. The Bertz CT molecular complexity index is 1700. The van der Waals surface area contributed by atoms with Crippen molar-refractivity contribution in [2.75, 3.05) is 6.61 Å². The third-order valence-corrected chi connectivity index (χ3v) is 7.56. The van der Waals surface area contributed by atoms with E-state index in [9.17, 15) is 4.79 Å². The van der Waals surface area contributed by atoms with E-state index in [1.165, 1.54) is 0 Å². The van der Waals surface area contributed by atoms with Crippen LogP contribution in [0, 0.1) is 0 Å². The number of nitrogens with zero attached hydrogens (tertiary/aromatic N) is 5. The van der Waals surface area contributed by atoms with Gasteiger partial charge in [-0.2, -0.15) is 0 Å². The summed E-state index contributed by atoms with van der Waals surface area (Å²) >= 11 is 19.0. The van der Waals surface area contributed by atoms with Gasteiger partial charge in [-0.25, -0.2) is 4.68 Å². The summed E-state index contributed by atoms with van der Waals surface area (Å²) in [5, 5.41) is 14.3. The maximum absolute atomic E-state index is 14.4. The quantitative estimate of drug-likeness (QED) is 0.158. The minimum atomic E-state index is -0.455. The second kappa shape index (κ2) is 12.7. The maximum Gasteiger partial charge on any atom is 0.221 e. The minimum absolute atomic E-state index is 0.0272. The van der Waals surface area contributed by atoms with Crippen molar-refractivity contribution in [3.8, 4) is 22.5 Å². The lowest BCUT2D eigenvalue weighted by Crippen LogP contribution is -2.22. The van der Waals surface area contributed by atoms with Crippen molar-refractivity contribution < 1.29 is 18.8 Å². The van der Waals surface area contributed by atoms with Crippen molar-refractivity contribution in [2.45, 2.75) is 38.7 Å². The Kier molecular flexibility index (Phi) is 8.64. The van der Waals surface area contributed by atoms with Gasteiger partial charge in [0.05, 0.1) is 17.1 Å². The summed E-state index contributed by atoms with van der Waals surface area (Å²) in [6.45, 7) is 0.842. The molecule has 214 valence electrons. The highest BCUT2D eigenvalue weighted by Gasteiger charge is 2.32. The minimum Gasteiger partial charge on any atom is -0.357 e. The van der Waals surface area contributed by atoms with Crippen LogP contribution in [0.5, 0.6) is 0 Å². The first-order valence-corrected chi connectivity index (χ1v) is 14.4. The molecule has 1 aliphatic heterocycles. The lowest BCUT2D eigenvalue weighted by atomic mass is 9.98. The van der Waals surface area contributed by atoms with Gasteiger partial charge in [0, 0.05) is 40.2 Å². The molecule has 5 aromatic rings. The molecule has 0 N–H and O–H groups in total. The topological polar surface area (TPSA) is 105 Å². The third kappa shape index (κ3) is 6.11. The SMILES string of the molecule is O=C(c1nnn(Cc2cc(Cl)cc(Cl)c2)c1-c1cccnc1)c1c(-c2ccccc2Cl)noc1COC1CCCCO1. The Morgan fingerprint density at radius 2 is 1.88 bits per heavy atom. The molecule has 9 nitrogen and oxygen atoms in total. The maximum atomic E-state index is 14.4. The largest absolute Gasteiger partial charge is 0.357 e. The Labute approximate surface area is 256 Å². The van der Waals surface area contributed by atoms with E-state index in [-0.39, 0.29) is 35.9 Å². The molecule has 1 aliphatic rings.